The largest absolute Gasteiger partial charge is 0.462 e. The van der Waals surface area contributed by atoms with E-state index in [0.717, 1.165) is 44.9 Å². The number of hydrogen-bond acceptors (Lipinski definition) is 6. The molecule has 0 heterocycles. The van der Waals surface area contributed by atoms with Crippen molar-refractivity contribution in [3.05, 3.63) is 72.9 Å². The van der Waals surface area contributed by atoms with Gasteiger partial charge in [0.25, 0.3) is 0 Å². The van der Waals surface area contributed by atoms with Crippen LogP contribution in [-0.2, 0) is 19.1 Å². The first-order valence-corrected chi connectivity index (χ1v) is 18.1. The predicted molar refractivity (Wildman–Crippen MR) is 192 cm³/mol. The Bertz CT molecular complexity index is 882. The molecular weight excluding hydrogens is 576 g/mol. The molecule has 0 saturated carbocycles. The van der Waals surface area contributed by atoms with Gasteiger partial charge in [-0.3, -0.25) is 9.59 Å². The summed E-state index contributed by atoms with van der Waals surface area (Å²) >= 11 is 0. The first-order valence-electron chi connectivity index (χ1n) is 18.1. The Labute approximate surface area is 281 Å². The van der Waals surface area contributed by atoms with Gasteiger partial charge in [0.15, 0.2) is 6.10 Å². The Morgan fingerprint density at radius 2 is 1.20 bits per heavy atom. The van der Waals surface area contributed by atoms with Crippen LogP contribution in [0.4, 0.5) is 0 Å². The smallest absolute Gasteiger partial charge is 0.306 e. The van der Waals surface area contributed by atoms with Crippen molar-refractivity contribution in [3.8, 4) is 0 Å². The minimum absolute atomic E-state index is 0.149. The lowest BCUT2D eigenvalue weighted by molar-refractivity contribution is -0.161. The summed E-state index contributed by atoms with van der Waals surface area (Å²) in [7, 11) is 0. The van der Waals surface area contributed by atoms with Crippen molar-refractivity contribution in [2.24, 2.45) is 0 Å². The maximum atomic E-state index is 12.1. The maximum absolute atomic E-state index is 12.1. The molecule has 262 valence electrons. The van der Waals surface area contributed by atoms with Crippen LogP contribution < -0.4 is 0 Å². The number of carbonyl (C=O) groups is 2. The average Bonchev–Trinajstić information content (AvgIpc) is 3.05. The summed E-state index contributed by atoms with van der Waals surface area (Å²) in [5.41, 5.74) is 0. The molecule has 0 rings (SSSR count). The fourth-order valence-corrected chi connectivity index (χ4v) is 4.60. The van der Waals surface area contributed by atoms with Crippen LogP contribution in [0.5, 0.6) is 0 Å². The summed E-state index contributed by atoms with van der Waals surface area (Å²) < 4.78 is 10.5. The highest BCUT2D eigenvalue weighted by atomic mass is 16.6. The number of aliphatic hydroxyl groups is 2. The van der Waals surface area contributed by atoms with Gasteiger partial charge >= 0.3 is 11.9 Å². The number of ether oxygens (including phenoxy) is 2. The molecule has 6 heteroatoms. The van der Waals surface area contributed by atoms with Gasteiger partial charge in [0, 0.05) is 12.8 Å². The van der Waals surface area contributed by atoms with Crippen molar-refractivity contribution >= 4 is 11.9 Å². The topological polar surface area (TPSA) is 93.1 Å². The molecule has 0 aliphatic rings. The van der Waals surface area contributed by atoms with Crippen LogP contribution in [0.15, 0.2) is 72.9 Å². The third-order valence-electron chi connectivity index (χ3n) is 7.36. The second-order valence-corrected chi connectivity index (χ2v) is 11.8. The first-order chi connectivity index (χ1) is 22.5. The summed E-state index contributed by atoms with van der Waals surface area (Å²) in [6.07, 6.45) is 42.7. The van der Waals surface area contributed by atoms with E-state index in [1.165, 1.54) is 57.8 Å². The Morgan fingerprint density at radius 3 is 1.78 bits per heavy atom. The van der Waals surface area contributed by atoms with Gasteiger partial charge in [-0.2, -0.15) is 0 Å². The highest BCUT2D eigenvalue weighted by molar-refractivity contribution is 5.70. The van der Waals surface area contributed by atoms with Gasteiger partial charge in [-0.25, -0.2) is 0 Å². The van der Waals surface area contributed by atoms with Crippen LogP contribution in [0.3, 0.4) is 0 Å². The lowest BCUT2D eigenvalue weighted by Gasteiger charge is -2.15. The normalized spacial score (nSPS) is 13.7. The third-order valence-corrected chi connectivity index (χ3v) is 7.36. The van der Waals surface area contributed by atoms with Crippen LogP contribution in [-0.4, -0.2) is 47.6 Å². The zero-order valence-corrected chi connectivity index (χ0v) is 29.2. The first kappa shape index (κ1) is 43.3. The van der Waals surface area contributed by atoms with Gasteiger partial charge in [-0.05, 0) is 44.9 Å². The van der Waals surface area contributed by atoms with Gasteiger partial charge in [-0.1, -0.05) is 157 Å². The average molecular weight is 643 g/mol. The van der Waals surface area contributed by atoms with E-state index < -0.39 is 18.2 Å². The van der Waals surface area contributed by atoms with E-state index in [0.29, 0.717) is 19.3 Å². The number of esters is 2. The minimum Gasteiger partial charge on any atom is -0.462 e. The van der Waals surface area contributed by atoms with E-state index in [1.807, 2.05) is 30.4 Å². The fraction of sp³-hybridized carbons (Fsp3) is 0.650. The predicted octanol–water partition coefficient (Wildman–Crippen LogP) is 9.97. The molecule has 0 aliphatic heterocycles. The van der Waals surface area contributed by atoms with Crippen LogP contribution in [0.1, 0.15) is 142 Å². The third kappa shape index (κ3) is 32.7. The van der Waals surface area contributed by atoms with Gasteiger partial charge in [0.05, 0.1) is 12.7 Å². The summed E-state index contributed by atoms with van der Waals surface area (Å²) in [5.74, 6) is -0.778. The van der Waals surface area contributed by atoms with E-state index >= 15 is 0 Å². The Morgan fingerprint density at radius 1 is 0.630 bits per heavy atom. The quantitative estimate of drug-likeness (QED) is 0.0338. The molecule has 0 aromatic heterocycles. The molecule has 2 N–H and O–H groups in total. The zero-order valence-electron chi connectivity index (χ0n) is 29.2. The Kier molecular flexibility index (Phi) is 33.1. The molecule has 0 spiro atoms. The Balaban J connectivity index is 3.85. The number of unbranched alkanes of at least 4 members (excludes halogenated alkanes) is 11. The zero-order chi connectivity index (χ0) is 33.8. The second kappa shape index (κ2) is 35.2. The molecular formula is C40H66O6. The number of allylic oxidation sites excluding steroid dienone is 10. The molecule has 2 atom stereocenters. The SMILES string of the molecule is CC/C=C\C/C=C\C/C=C\C/C=C\C=C/C(O)C/C=C\CCC(=O)OC[C@H](CO)OC(=O)CCCCCCCCCCCCCC. The molecule has 0 bridgehead atoms. The molecule has 0 aromatic rings. The van der Waals surface area contributed by atoms with Crippen LogP contribution >= 0.6 is 0 Å². The Hall–Kier alpha value is -2.70. The minimum atomic E-state index is -0.837. The monoisotopic (exact) mass is 642 g/mol. The standard InChI is InChI=1S/C40H66O6/c1-3-5-7-9-11-13-15-17-18-20-22-24-27-31-37(42)32-28-26-30-33-39(43)45-36-38(35-41)46-40(44)34-29-25-23-21-19-16-14-12-10-8-6-4-2/h5,7,11,13,17-18,22,24,26-28,31,37-38,41-42H,3-4,6,8-10,12,14-16,19-21,23,25,29-30,32-36H2,1-2H3/b7-5-,13-11-,18-17-,24-22-,28-26-,31-27-/t37?,38-/m0/s1. The number of aliphatic hydroxyl groups excluding tert-OH is 2. The number of rotatable bonds is 31. The van der Waals surface area contributed by atoms with E-state index in [1.54, 1.807) is 6.08 Å². The van der Waals surface area contributed by atoms with Crippen LogP contribution in [0.2, 0.25) is 0 Å². The van der Waals surface area contributed by atoms with E-state index in [2.05, 4.69) is 50.3 Å². The molecule has 0 saturated heterocycles. The van der Waals surface area contributed by atoms with Crippen molar-refractivity contribution in [2.45, 2.75) is 154 Å². The van der Waals surface area contributed by atoms with Gasteiger partial charge < -0.3 is 19.7 Å². The molecule has 0 amide bonds. The summed E-state index contributed by atoms with van der Waals surface area (Å²) in [6.45, 7) is 3.84. The van der Waals surface area contributed by atoms with Crippen molar-refractivity contribution in [2.75, 3.05) is 13.2 Å². The van der Waals surface area contributed by atoms with Crippen molar-refractivity contribution < 1.29 is 29.3 Å². The molecule has 1 unspecified atom stereocenters. The molecule has 6 nitrogen and oxygen atoms in total. The molecule has 0 radical (unpaired) electrons. The van der Waals surface area contributed by atoms with Crippen LogP contribution in [0, 0.1) is 0 Å². The fourth-order valence-electron chi connectivity index (χ4n) is 4.60. The van der Waals surface area contributed by atoms with E-state index in [4.69, 9.17) is 9.47 Å². The molecule has 46 heavy (non-hydrogen) atoms. The maximum Gasteiger partial charge on any atom is 0.306 e. The molecule has 0 aromatic carbocycles. The summed E-state index contributed by atoms with van der Waals surface area (Å²) in [4.78, 5) is 24.1. The molecule has 0 fully saturated rings. The van der Waals surface area contributed by atoms with Gasteiger partial charge in [0.2, 0.25) is 0 Å². The summed E-state index contributed by atoms with van der Waals surface area (Å²) in [5, 5.41) is 19.6. The van der Waals surface area contributed by atoms with Crippen LogP contribution in [0.25, 0.3) is 0 Å². The number of hydrogen-bond donors (Lipinski definition) is 2. The second-order valence-electron chi connectivity index (χ2n) is 11.8. The summed E-state index contributed by atoms with van der Waals surface area (Å²) in [6, 6.07) is 0. The highest BCUT2D eigenvalue weighted by Gasteiger charge is 2.15. The van der Waals surface area contributed by atoms with Crippen molar-refractivity contribution in [1.82, 2.24) is 0 Å². The van der Waals surface area contributed by atoms with Gasteiger partial charge in [0.1, 0.15) is 6.61 Å². The van der Waals surface area contributed by atoms with Crippen molar-refractivity contribution in [3.63, 3.8) is 0 Å². The molecule has 0 aliphatic carbocycles. The van der Waals surface area contributed by atoms with E-state index in [-0.39, 0.29) is 25.6 Å². The van der Waals surface area contributed by atoms with E-state index in [9.17, 15) is 19.8 Å². The lowest BCUT2D eigenvalue weighted by atomic mass is 10.0. The highest BCUT2D eigenvalue weighted by Crippen LogP contribution is 2.13. The number of carbonyl (C=O) groups excluding carboxylic acids is 2. The lowest BCUT2D eigenvalue weighted by Crippen LogP contribution is -2.28. The van der Waals surface area contributed by atoms with Gasteiger partial charge in [-0.15, -0.1) is 0 Å². The van der Waals surface area contributed by atoms with Crippen molar-refractivity contribution in [1.29, 1.82) is 0 Å².